The molecular weight excluding hydrogens is 446 g/mol. The summed E-state index contributed by atoms with van der Waals surface area (Å²) in [6, 6.07) is 10.6. The molecule has 3 rings (SSSR count). The molecule has 11 heteroatoms. The van der Waals surface area contributed by atoms with E-state index in [4.69, 9.17) is 0 Å². The second-order valence-electron chi connectivity index (χ2n) is 6.80. The zero-order chi connectivity index (χ0) is 21.8. The number of sulfonamides is 2. The van der Waals surface area contributed by atoms with Gasteiger partial charge in [-0.1, -0.05) is 35.9 Å². The summed E-state index contributed by atoms with van der Waals surface area (Å²) in [6.07, 6.45) is 1.46. The van der Waals surface area contributed by atoms with Crippen LogP contribution in [0.1, 0.15) is 11.1 Å². The third kappa shape index (κ3) is 5.76. The maximum atomic E-state index is 12.5. The molecule has 0 spiro atoms. The Morgan fingerprint density at radius 1 is 1.07 bits per heavy atom. The Balaban J connectivity index is 1.50. The Labute approximate surface area is 180 Å². The maximum Gasteiger partial charge on any atom is 0.252 e. The number of carbonyl (C=O) groups is 1. The van der Waals surface area contributed by atoms with Crippen molar-refractivity contribution < 1.29 is 21.6 Å². The van der Waals surface area contributed by atoms with Crippen molar-refractivity contribution in [2.45, 2.75) is 11.1 Å². The molecule has 1 fully saturated rings. The van der Waals surface area contributed by atoms with Crippen LogP contribution in [-0.4, -0.2) is 64.7 Å². The van der Waals surface area contributed by atoms with Gasteiger partial charge in [0, 0.05) is 31.6 Å². The van der Waals surface area contributed by atoms with Crippen LogP contribution >= 0.6 is 11.3 Å². The van der Waals surface area contributed by atoms with Crippen molar-refractivity contribution in [3.05, 3.63) is 58.3 Å². The first-order chi connectivity index (χ1) is 14.2. The van der Waals surface area contributed by atoms with Gasteiger partial charge in [0.15, 0.2) is 0 Å². The van der Waals surface area contributed by atoms with E-state index < -0.39 is 26.0 Å². The van der Waals surface area contributed by atoms with E-state index in [1.54, 1.807) is 29.6 Å². The van der Waals surface area contributed by atoms with Gasteiger partial charge in [-0.2, -0.15) is 4.31 Å². The van der Waals surface area contributed by atoms with Crippen LogP contribution in [0.3, 0.4) is 0 Å². The number of hydrogen-bond acceptors (Lipinski definition) is 6. The van der Waals surface area contributed by atoms with Crippen molar-refractivity contribution in [1.82, 2.24) is 13.9 Å². The maximum absolute atomic E-state index is 12.5. The van der Waals surface area contributed by atoms with Gasteiger partial charge in [0.25, 0.3) is 10.0 Å². The van der Waals surface area contributed by atoms with Crippen LogP contribution in [-0.2, 0) is 24.8 Å². The van der Waals surface area contributed by atoms with Crippen molar-refractivity contribution in [3.8, 4) is 0 Å². The van der Waals surface area contributed by atoms with Crippen LogP contribution in [0.15, 0.2) is 51.4 Å². The van der Waals surface area contributed by atoms with Gasteiger partial charge in [0.05, 0.1) is 6.54 Å². The molecule has 0 radical (unpaired) electrons. The predicted octanol–water partition coefficient (Wildman–Crippen LogP) is 1.48. The summed E-state index contributed by atoms with van der Waals surface area (Å²) in [6.45, 7) is 2.33. The second-order valence-corrected chi connectivity index (χ2v) is 11.6. The van der Waals surface area contributed by atoms with E-state index >= 15 is 0 Å². The van der Waals surface area contributed by atoms with Gasteiger partial charge in [0.2, 0.25) is 15.9 Å². The number of aryl methyl sites for hydroxylation is 1. The molecule has 1 aromatic carbocycles. The van der Waals surface area contributed by atoms with Gasteiger partial charge < -0.3 is 4.90 Å². The number of nitrogens with one attached hydrogen (secondary N) is 1. The molecule has 0 aliphatic carbocycles. The number of piperazine rings is 1. The molecule has 0 saturated carbocycles. The van der Waals surface area contributed by atoms with E-state index in [0.29, 0.717) is 0 Å². The average molecular weight is 470 g/mol. The number of nitrogens with zero attached hydrogens (tertiary/aromatic N) is 2. The summed E-state index contributed by atoms with van der Waals surface area (Å²) in [5.74, 6) is -0.393. The van der Waals surface area contributed by atoms with Crippen LogP contribution in [0, 0.1) is 6.92 Å². The van der Waals surface area contributed by atoms with Crippen molar-refractivity contribution in [1.29, 1.82) is 0 Å². The molecular formula is C19H23N3O5S3. The molecule has 1 amide bonds. The van der Waals surface area contributed by atoms with E-state index in [2.05, 4.69) is 4.72 Å². The lowest BCUT2D eigenvalue weighted by atomic mass is 10.2. The van der Waals surface area contributed by atoms with E-state index in [1.807, 2.05) is 19.1 Å². The Morgan fingerprint density at radius 2 is 1.73 bits per heavy atom. The largest absolute Gasteiger partial charge is 0.339 e. The molecule has 1 saturated heterocycles. The van der Waals surface area contributed by atoms with Crippen LogP contribution < -0.4 is 4.72 Å². The van der Waals surface area contributed by atoms with E-state index in [-0.39, 0.29) is 36.9 Å². The third-order valence-electron chi connectivity index (χ3n) is 4.62. The fourth-order valence-electron chi connectivity index (χ4n) is 2.88. The standard InChI is InChI=1S/C19H23N3O5S3/c1-16-4-6-17(7-5-16)8-14-29(24,25)20-15-18(23)21-9-11-22(12-10-21)30(26,27)19-3-2-13-28-19/h2-8,13-14,20H,9-12,15H2,1H3/b14-8+. The summed E-state index contributed by atoms with van der Waals surface area (Å²) < 4.78 is 53.2. The highest BCUT2D eigenvalue weighted by Gasteiger charge is 2.30. The number of thiophene rings is 1. The van der Waals surface area contributed by atoms with E-state index in [0.717, 1.165) is 27.9 Å². The third-order valence-corrected chi connectivity index (χ3v) is 8.93. The normalized spacial score (nSPS) is 16.2. The molecule has 0 unspecified atom stereocenters. The molecule has 0 atom stereocenters. The van der Waals surface area contributed by atoms with Crippen molar-refractivity contribution in [2.24, 2.45) is 0 Å². The lowest BCUT2D eigenvalue weighted by Crippen LogP contribution is -2.52. The fraction of sp³-hybridized carbons (Fsp3) is 0.316. The van der Waals surface area contributed by atoms with Crippen LogP contribution in [0.2, 0.25) is 0 Å². The average Bonchev–Trinajstić information content (AvgIpc) is 3.28. The molecule has 2 heterocycles. The van der Waals surface area contributed by atoms with Gasteiger partial charge in [-0.15, -0.1) is 11.3 Å². The monoisotopic (exact) mass is 469 g/mol. The molecule has 2 aromatic rings. The van der Waals surface area contributed by atoms with Crippen LogP contribution in [0.5, 0.6) is 0 Å². The Hall–Kier alpha value is -2.05. The smallest absolute Gasteiger partial charge is 0.252 e. The quantitative estimate of drug-likeness (QED) is 0.662. The zero-order valence-electron chi connectivity index (χ0n) is 16.4. The Kier molecular flexibility index (Phi) is 7.09. The van der Waals surface area contributed by atoms with Gasteiger partial charge >= 0.3 is 0 Å². The molecule has 1 aromatic heterocycles. The fourth-order valence-corrected chi connectivity index (χ4v) is 6.21. The number of hydrogen-bond donors (Lipinski definition) is 1. The van der Waals surface area contributed by atoms with Gasteiger partial charge in [-0.25, -0.2) is 21.6 Å². The van der Waals surface area contributed by atoms with Crippen molar-refractivity contribution >= 4 is 43.4 Å². The highest BCUT2D eigenvalue weighted by Crippen LogP contribution is 2.22. The molecule has 30 heavy (non-hydrogen) atoms. The highest BCUT2D eigenvalue weighted by atomic mass is 32.2. The zero-order valence-corrected chi connectivity index (χ0v) is 18.8. The number of amides is 1. The molecule has 0 bridgehead atoms. The van der Waals surface area contributed by atoms with Crippen LogP contribution in [0.25, 0.3) is 6.08 Å². The van der Waals surface area contributed by atoms with Gasteiger partial charge in [0.1, 0.15) is 4.21 Å². The topological polar surface area (TPSA) is 104 Å². The summed E-state index contributed by atoms with van der Waals surface area (Å²) >= 11 is 1.15. The van der Waals surface area contributed by atoms with Crippen molar-refractivity contribution in [2.75, 3.05) is 32.7 Å². The first-order valence-corrected chi connectivity index (χ1v) is 13.1. The molecule has 1 N–H and O–H groups in total. The first kappa shape index (κ1) is 22.6. The highest BCUT2D eigenvalue weighted by molar-refractivity contribution is 7.92. The van der Waals surface area contributed by atoms with Crippen molar-refractivity contribution in [3.63, 3.8) is 0 Å². The number of rotatable bonds is 7. The summed E-state index contributed by atoms with van der Waals surface area (Å²) in [5.41, 5.74) is 1.81. The molecule has 8 nitrogen and oxygen atoms in total. The first-order valence-electron chi connectivity index (χ1n) is 9.23. The number of benzene rings is 1. The second kappa shape index (κ2) is 9.40. The Bertz CT molecular complexity index is 1100. The van der Waals surface area contributed by atoms with E-state index in [9.17, 15) is 21.6 Å². The lowest BCUT2D eigenvalue weighted by Gasteiger charge is -2.33. The summed E-state index contributed by atoms with van der Waals surface area (Å²) in [5, 5.41) is 2.72. The molecule has 1 aliphatic rings. The minimum atomic E-state index is -3.77. The minimum Gasteiger partial charge on any atom is -0.339 e. The lowest BCUT2D eigenvalue weighted by molar-refractivity contribution is -0.131. The minimum absolute atomic E-state index is 0.173. The Morgan fingerprint density at radius 3 is 2.33 bits per heavy atom. The molecule has 1 aliphatic heterocycles. The SMILES string of the molecule is Cc1ccc(/C=C/S(=O)(=O)NCC(=O)N2CCN(S(=O)(=O)c3cccs3)CC2)cc1. The van der Waals surface area contributed by atoms with Gasteiger partial charge in [-0.3, -0.25) is 4.79 Å². The molecule has 162 valence electrons. The summed E-state index contributed by atoms with van der Waals surface area (Å²) in [4.78, 5) is 13.8. The van der Waals surface area contributed by atoms with Crippen LogP contribution in [0.4, 0.5) is 0 Å². The predicted molar refractivity (Wildman–Crippen MR) is 117 cm³/mol. The van der Waals surface area contributed by atoms with Gasteiger partial charge in [-0.05, 0) is 30.0 Å². The summed E-state index contributed by atoms with van der Waals surface area (Å²) in [7, 11) is -7.32. The number of carbonyl (C=O) groups excluding carboxylic acids is 1. The van der Waals surface area contributed by atoms with E-state index in [1.165, 1.54) is 15.3 Å².